The minimum atomic E-state index is -0.0112. The first-order chi connectivity index (χ1) is 10.7. The molecule has 2 heterocycles. The third-order valence-electron chi connectivity index (χ3n) is 3.57. The highest BCUT2D eigenvalue weighted by Gasteiger charge is 2.20. The highest BCUT2D eigenvalue weighted by molar-refractivity contribution is 8.39. The molecule has 0 aromatic heterocycles. The lowest BCUT2D eigenvalue weighted by Crippen LogP contribution is -2.22. The lowest BCUT2D eigenvalue weighted by molar-refractivity contribution is -0.113. The minimum Gasteiger partial charge on any atom is -0.369 e. The Kier molecular flexibility index (Phi) is 5.55. The van der Waals surface area contributed by atoms with E-state index >= 15 is 0 Å². The van der Waals surface area contributed by atoms with E-state index in [0.29, 0.717) is 10.8 Å². The van der Waals surface area contributed by atoms with Gasteiger partial charge in [-0.3, -0.25) is 9.79 Å². The molecule has 0 spiro atoms. The van der Waals surface area contributed by atoms with Gasteiger partial charge in [0.15, 0.2) is 0 Å². The quantitative estimate of drug-likeness (QED) is 0.894. The highest BCUT2D eigenvalue weighted by Crippen LogP contribution is 2.36. The van der Waals surface area contributed by atoms with Crippen molar-refractivity contribution in [1.82, 2.24) is 0 Å². The molecular weight excluding hydrogens is 338 g/mol. The fourth-order valence-corrected chi connectivity index (χ4v) is 4.70. The monoisotopic (exact) mass is 355 g/mol. The summed E-state index contributed by atoms with van der Waals surface area (Å²) >= 11 is 9.58. The molecule has 1 amide bonds. The first kappa shape index (κ1) is 16.0. The molecule has 2 aliphatic rings. The number of thioether (sulfide) groups is 2. The van der Waals surface area contributed by atoms with Crippen LogP contribution in [0, 0.1) is 0 Å². The number of nitrogens with one attached hydrogen (secondary N) is 1. The van der Waals surface area contributed by atoms with Gasteiger partial charge in [-0.1, -0.05) is 41.2 Å². The Morgan fingerprint density at radius 2 is 2.23 bits per heavy atom. The van der Waals surface area contributed by atoms with Crippen molar-refractivity contribution in [3.8, 4) is 0 Å². The summed E-state index contributed by atoms with van der Waals surface area (Å²) in [7, 11) is 0. The molecule has 0 bridgehead atoms. The molecule has 7 heteroatoms. The topological polar surface area (TPSA) is 44.7 Å². The van der Waals surface area contributed by atoms with Gasteiger partial charge in [-0.2, -0.15) is 0 Å². The number of halogens is 1. The third kappa shape index (κ3) is 3.91. The Balaban J connectivity index is 1.66. The summed E-state index contributed by atoms with van der Waals surface area (Å²) in [5, 5.41) is 3.70. The summed E-state index contributed by atoms with van der Waals surface area (Å²) < 4.78 is 1.01. The van der Waals surface area contributed by atoms with Crippen LogP contribution in [-0.4, -0.2) is 41.4 Å². The number of nitrogens with zero attached hydrogens (tertiary/aromatic N) is 2. The Morgan fingerprint density at radius 3 is 2.95 bits per heavy atom. The number of hydrogen-bond acceptors (Lipinski definition) is 5. The van der Waals surface area contributed by atoms with Gasteiger partial charge >= 0.3 is 0 Å². The Labute approximate surface area is 144 Å². The average Bonchev–Trinajstić information content (AvgIpc) is 3.19. The first-order valence-electron chi connectivity index (χ1n) is 7.37. The van der Waals surface area contributed by atoms with Crippen LogP contribution in [0.3, 0.4) is 0 Å². The molecule has 1 aromatic rings. The van der Waals surface area contributed by atoms with E-state index in [4.69, 9.17) is 11.6 Å². The van der Waals surface area contributed by atoms with Gasteiger partial charge in [0.2, 0.25) is 5.91 Å². The second-order valence-corrected chi connectivity index (χ2v) is 7.88. The van der Waals surface area contributed by atoms with Crippen LogP contribution in [0.15, 0.2) is 23.2 Å². The van der Waals surface area contributed by atoms with E-state index in [1.54, 1.807) is 11.8 Å². The summed E-state index contributed by atoms with van der Waals surface area (Å²) in [5.41, 5.74) is 1.76. The molecule has 2 aliphatic heterocycles. The Morgan fingerprint density at radius 1 is 1.41 bits per heavy atom. The molecule has 0 radical (unpaired) electrons. The summed E-state index contributed by atoms with van der Waals surface area (Å²) in [4.78, 5) is 18.8. The molecule has 22 heavy (non-hydrogen) atoms. The maximum absolute atomic E-state index is 12.2. The van der Waals surface area contributed by atoms with Crippen molar-refractivity contribution in [1.29, 1.82) is 0 Å². The number of carbonyl (C=O) groups is 1. The molecule has 1 N–H and O–H groups in total. The van der Waals surface area contributed by atoms with Crippen LogP contribution in [0.4, 0.5) is 11.4 Å². The fraction of sp³-hybridized carbons (Fsp3) is 0.467. The Hall–Kier alpha value is -0.850. The zero-order valence-electron chi connectivity index (χ0n) is 12.2. The van der Waals surface area contributed by atoms with Crippen LogP contribution >= 0.6 is 35.1 Å². The Bertz CT molecular complexity index is 588. The molecule has 0 unspecified atom stereocenters. The maximum Gasteiger partial charge on any atom is 0.234 e. The van der Waals surface area contributed by atoms with Crippen LogP contribution in [0.2, 0.25) is 5.02 Å². The zero-order valence-corrected chi connectivity index (χ0v) is 14.6. The van der Waals surface area contributed by atoms with Crippen molar-refractivity contribution in [3.05, 3.63) is 23.2 Å². The van der Waals surface area contributed by atoms with Crippen LogP contribution in [-0.2, 0) is 4.79 Å². The van der Waals surface area contributed by atoms with Crippen LogP contribution in [0.1, 0.15) is 12.8 Å². The number of carbonyl (C=O) groups excluding carboxylic acids is 1. The molecule has 0 saturated carbocycles. The van der Waals surface area contributed by atoms with Gasteiger partial charge in [0.25, 0.3) is 0 Å². The van der Waals surface area contributed by atoms with Crippen molar-refractivity contribution in [2.24, 2.45) is 4.99 Å². The normalized spacial score (nSPS) is 17.7. The summed E-state index contributed by atoms with van der Waals surface area (Å²) in [5.74, 6) is 1.40. The second kappa shape index (κ2) is 7.62. The van der Waals surface area contributed by atoms with E-state index in [9.17, 15) is 4.79 Å². The number of hydrogen-bond donors (Lipinski definition) is 1. The average molecular weight is 356 g/mol. The summed E-state index contributed by atoms with van der Waals surface area (Å²) in [6, 6.07) is 5.68. The molecule has 0 atom stereocenters. The number of rotatable bonds is 4. The molecule has 1 saturated heterocycles. The van der Waals surface area contributed by atoms with E-state index in [1.165, 1.54) is 24.6 Å². The van der Waals surface area contributed by atoms with Crippen molar-refractivity contribution < 1.29 is 4.79 Å². The zero-order chi connectivity index (χ0) is 15.4. The summed E-state index contributed by atoms with van der Waals surface area (Å²) in [6.45, 7) is 2.85. The first-order valence-corrected chi connectivity index (χ1v) is 9.72. The minimum absolute atomic E-state index is 0.0112. The maximum atomic E-state index is 12.2. The predicted octanol–water partition coefficient (Wildman–Crippen LogP) is 3.71. The van der Waals surface area contributed by atoms with E-state index < -0.39 is 0 Å². The van der Waals surface area contributed by atoms with Gasteiger partial charge in [-0.05, 0) is 25.0 Å². The standard InChI is InChI=1S/C15H18ClN3OS2/c16-11-4-3-5-12(14(11)19-7-1-2-8-19)18-13(20)10-22-15-17-6-9-21-15/h3-5H,1-2,6-10H2,(H,18,20). The molecule has 0 aliphatic carbocycles. The van der Waals surface area contributed by atoms with E-state index in [1.807, 2.05) is 18.2 Å². The number of anilines is 2. The van der Waals surface area contributed by atoms with E-state index in [2.05, 4.69) is 15.2 Å². The lowest BCUT2D eigenvalue weighted by atomic mass is 10.2. The van der Waals surface area contributed by atoms with Crippen molar-refractivity contribution in [2.45, 2.75) is 12.8 Å². The van der Waals surface area contributed by atoms with Gasteiger partial charge in [-0.15, -0.1) is 0 Å². The number of para-hydroxylation sites is 1. The molecule has 1 aromatic carbocycles. The van der Waals surface area contributed by atoms with E-state index in [-0.39, 0.29) is 5.91 Å². The smallest absolute Gasteiger partial charge is 0.234 e. The lowest BCUT2D eigenvalue weighted by Gasteiger charge is -2.23. The number of benzene rings is 1. The van der Waals surface area contributed by atoms with E-state index in [0.717, 1.165) is 41.1 Å². The van der Waals surface area contributed by atoms with Gasteiger partial charge in [0.05, 0.1) is 28.7 Å². The highest BCUT2D eigenvalue weighted by atomic mass is 35.5. The SMILES string of the molecule is O=C(CSC1=NCCS1)Nc1cccc(Cl)c1N1CCCC1. The van der Waals surface area contributed by atoms with Crippen LogP contribution in [0.25, 0.3) is 0 Å². The second-order valence-electron chi connectivity index (χ2n) is 5.16. The fourth-order valence-electron chi connectivity index (χ4n) is 2.59. The van der Waals surface area contributed by atoms with Crippen LogP contribution in [0.5, 0.6) is 0 Å². The van der Waals surface area contributed by atoms with Gasteiger partial charge in [-0.25, -0.2) is 0 Å². The molecular formula is C15H18ClN3OS2. The molecule has 1 fully saturated rings. The summed E-state index contributed by atoms with van der Waals surface area (Å²) in [6.07, 6.45) is 2.34. The predicted molar refractivity (Wildman–Crippen MR) is 98.7 cm³/mol. The number of aliphatic imine (C=N–C) groups is 1. The molecule has 118 valence electrons. The van der Waals surface area contributed by atoms with Crippen molar-refractivity contribution >= 4 is 56.8 Å². The van der Waals surface area contributed by atoms with Gasteiger partial charge in [0.1, 0.15) is 4.38 Å². The van der Waals surface area contributed by atoms with Crippen LogP contribution < -0.4 is 10.2 Å². The third-order valence-corrected chi connectivity index (χ3v) is 6.13. The van der Waals surface area contributed by atoms with Crippen molar-refractivity contribution in [3.63, 3.8) is 0 Å². The largest absolute Gasteiger partial charge is 0.369 e. The number of amides is 1. The molecule has 4 nitrogen and oxygen atoms in total. The van der Waals surface area contributed by atoms with Gasteiger partial charge in [0, 0.05) is 18.8 Å². The van der Waals surface area contributed by atoms with Gasteiger partial charge < -0.3 is 10.2 Å². The van der Waals surface area contributed by atoms with Crippen molar-refractivity contribution in [2.75, 3.05) is 41.4 Å². The molecule has 3 rings (SSSR count).